The maximum atomic E-state index is 13.5. The van der Waals surface area contributed by atoms with Crippen molar-refractivity contribution in [1.29, 1.82) is 0 Å². The Morgan fingerprint density at radius 2 is 1.82 bits per heavy atom. The number of benzene rings is 1. The third-order valence-electron chi connectivity index (χ3n) is 6.97. The number of rotatable bonds is 11. The van der Waals surface area contributed by atoms with Crippen LogP contribution in [0.1, 0.15) is 49.7 Å². The Kier molecular flexibility index (Phi) is 9.01. The lowest BCUT2D eigenvalue weighted by Gasteiger charge is -2.27. The zero-order valence-corrected chi connectivity index (χ0v) is 22.5. The standard InChI is InChI=1S/C29H33ClN8O/c30-24-8-4-7-23(15-24)19-34-29-36-26(17-27(37-29)38-14-13-32-20-38)35-25(16-21-5-2-1-3-6-21)28(39)33-18-22-9-11-31-12-10-22/h4,7-15,17,20-21,25H,1-3,5-6,16,18-19H2,(H,33,39)(H2,34,35,36,37)/t25-/m1/s1. The van der Waals surface area contributed by atoms with Gasteiger partial charge in [0.1, 0.15) is 24.0 Å². The predicted octanol–water partition coefficient (Wildman–Crippen LogP) is 5.39. The van der Waals surface area contributed by atoms with Crippen LogP contribution in [0.2, 0.25) is 5.02 Å². The van der Waals surface area contributed by atoms with Crippen LogP contribution in [-0.2, 0) is 17.9 Å². The molecule has 3 N–H and O–H groups in total. The quantitative estimate of drug-likeness (QED) is 0.232. The summed E-state index contributed by atoms with van der Waals surface area (Å²) in [7, 11) is 0. The van der Waals surface area contributed by atoms with Crippen LogP contribution in [0.4, 0.5) is 11.8 Å². The van der Waals surface area contributed by atoms with E-state index in [0.29, 0.717) is 41.6 Å². The number of carbonyl (C=O) groups is 1. The first-order valence-electron chi connectivity index (χ1n) is 13.4. The lowest BCUT2D eigenvalue weighted by atomic mass is 9.84. The first-order chi connectivity index (χ1) is 19.1. The van der Waals surface area contributed by atoms with E-state index in [1.807, 2.05) is 53.2 Å². The summed E-state index contributed by atoms with van der Waals surface area (Å²) in [6.45, 7) is 0.950. The molecule has 0 saturated heterocycles. The summed E-state index contributed by atoms with van der Waals surface area (Å²) in [5.41, 5.74) is 2.02. The van der Waals surface area contributed by atoms with Crippen LogP contribution >= 0.6 is 11.6 Å². The molecule has 1 atom stereocenters. The highest BCUT2D eigenvalue weighted by molar-refractivity contribution is 6.30. The maximum absolute atomic E-state index is 13.5. The van der Waals surface area contributed by atoms with Gasteiger partial charge < -0.3 is 16.0 Å². The number of imidazole rings is 1. The van der Waals surface area contributed by atoms with Crippen LogP contribution in [0.5, 0.6) is 0 Å². The SMILES string of the molecule is O=C(NCc1ccncc1)[C@@H](CC1CCCCC1)Nc1cc(-n2ccnc2)nc(NCc2cccc(Cl)c2)n1. The average molecular weight is 545 g/mol. The van der Waals surface area contributed by atoms with E-state index < -0.39 is 6.04 Å². The Morgan fingerprint density at radius 3 is 2.59 bits per heavy atom. The number of anilines is 2. The Hall–Kier alpha value is -3.98. The number of hydrogen-bond donors (Lipinski definition) is 3. The van der Waals surface area contributed by atoms with Gasteiger partial charge >= 0.3 is 0 Å². The van der Waals surface area contributed by atoms with Gasteiger partial charge in [-0.15, -0.1) is 0 Å². The van der Waals surface area contributed by atoms with Crippen molar-refractivity contribution >= 4 is 29.3 Å². The van der Waals surface area contributed by atoms with Crippen molar-refractivity contribution in [3.05, 3.63) is 89.7 Å². The van der Waals surface area contributed by atoms with Gasteiger partial charge in [0.05, 0.1) is 0 Å². The largest absolute Gasteiger partial charge is 0.358 e. The summed E-state index contributed by atoms with van der Waals surface area (Å²) in [4.78, 5) is 31.1. The number of nitrogens with one attached hydrogen (secondary N) is 3. The summed E-state index contributed by atoms with van der Waals surface area (Å²) in [6.07, 6.45) is 15.4. The minimum atomic E-state index is -0.429. The van der Waals surface area contributed by atoms with Crippen molar-refractivity contribution in [2.75, 3.05) is 10.6 Å². The van der Waals surface area contributed by atoms with Crippen molar-refractivity contribution in [2.45, 2.75) is 57.7 Å². The van der Waals surface area contributed by atoms with Crippen LogP contribution < -0.4 is 16.0 Å². The van der Waals surface area contributed by atoms with Crippen molar-refractivity contribution in [1.82, 2.24) is 29.8 Å². The third kappa shape index (κ3) is 7.77. The molecule has 9 nitrogen and oxygen atoms in total. The Labute approximate surface area is 233 Å². The molecule has 0 unspecified atom stereocenters. The van der Waals surface area contributed by atoms with Crippen LogP contribution in [0, 0.1) is 5.92 Å². The molecule has 5 rings (SSSR count). The average Bonchev–Trinajstić information content (AvgIpc) is 3.51. The molecule has 1 fully saturated rings. The maximum Gasteiger partial charge on any atom is 0.242 e. The molecule has 3 aromatic heterocycles. The van der Waals surface area contributed by atoms with Gasteiger partial charge in [-0.1, -0.05) is 55.8 Å². The first kappa shape index (κ1) is 26.6. The van der Waals surface area contributed by atoms with E-state index in [9.17, 15) is 4.79 Å². The first-order valence-corrected chi connectivity index (χ1v) is 13.8. The fourth-order valence-corrected chi connectivity index (χ4v) is 5.13. The molecule has 4 aromatic rings. The van der Waals surface area contributed by atoms with Gasteiger partial charge in [0.2, 0.25) is 11.9 Å². The third-order valence-corrected chi connectivity index (χ3v) is 7.20. The lowest BCUT2D eigenvalue weighted by Crippen LogP contribution is -2.41. The van der Waals surface area contributed by atoms with Gasteiger partial charge in [0.15, 0.2) is 0 Å². The highest BCUT2D eigenvalue weighted by atomic mass is 35.5. The molecule has 1 amide bonds. The van der Waals surface area contributed by atoms with Crippen LogP contribution in [0.3, 0.4) is 0 Å². The Balaban J connectivity index is 1.36. The van der Waals surface area contributed by atoms with E-state index in [1.165, 1.54) is 19.3 Å². The molecule has 0 radical (unpaired) electrons. The molecule has 0 bridgehead atoms. The van der Waals surface area contributed by atoms with Crippen molar-refractivity contribution in [2.24, 2.45) is 5.92 Å². The lowest BCUT2D eigenvalue weighted by molar-refractivity contribution is -0.122. The van der Waals surface area contributed by atoms with E-state index in [0.717, 1.165) is 30.4 Å². The summed E-state index contributed by atoms with van der Waals surface area (Å²) in [5.74, 6) is 2.11. The van der Waals surface area contributed by atoms with Gasteiger partial charge in [0, 0.05) is 49.0 Å². The number of halogens is 1. The predicted molar refractivity (Wildman–Crippen MR) is 153 cm³/mol. The van der Waals surface area contributed by atoms with E-state index in [-0.39, 0.29) is 5.91 Å². The number of carbonyl (C=O) groups excluding carboxylic acids is 1. The highest BCUT2D eigenvalue weighted by Gasteiger charge is 2.25. The number of nitrogens with zero attached hydrogens (tertiary/aromatic N) is 5. The molecule has 10 heteroatoms. The number of pyridine rings is 1. The highest BCUT2D eigenvalue weighted by Crippen LogP contribution is 2.28. The number of hydrogen-bond acceptors (Lipinski definition) is 7. The van der Waals surface area contributed by atoms with Crippen molar-refractivity contribution in [3.63, 3.8) is 0 Å². The van der Waals surface area contributed by atoms with Crippen molar-refractivity contribution in [3.8, 4) is 5.82 Å². The summed E-state index contributed by atoms with van der Waals surface area (Å²) < 4.78 is 1.82. The zero-order valence-electron chi connectivity index (χ0n) is 21.8. The van der Waals surface area contributed by atoms with E-state index >= 15 is 0 Å². The fourth-order valence-electron chi connectivity index (χ4n) is 4.92. The topological polar surface area (TPSA) is 110 Å². The summed E-state index contributed by atoms with van der Waals surface area (Å²) >= 11 is 6.16. The van der Waals surface area contributed by atoms with Crippen LogP contribution in [0.15, 0.2) is 73.6 Å². The number of aromatic nitrogens is 5. The van der Waals surface area contributed by atoms with Gasteiger partial charge in [-0.2, -0.15) is 9.97 Å². The summed E-state index contributed by atoms with van der Waals surface area (Å²) in [6, 6.07) is 12.9. The second-order valence-electron chi connectivity index (χ2n) is 9.90. The van der Waals surface area contributed by atoms with Gasteiger partial charge in [-0.3, -0.25) is 14.3 Å². The van der Waals surface area contributed by atoms with Crippen LogP contribution in [0.25, 0.3) is 5.82 Å². The molecule has 0 aliphatic heterocycles. The minimum absolute atomic E-state index is 0.0476. The minimum Gasteiger partial charge on any atom is -0.358 e. The molecule has 3 heterocycles. The Morgan fingerprint density at radius 1 is 0.974 bits per heavy atom. The molecular weight excluding hydrogens is 512 g/mol. The molecule has 0 spiro atoms. The second kappa shape index (κ2) is 13.2. The smallest absolute Gasteiger partial charge is 0.242 e. The molecule has 1 aliphatic carbocycles. The van der Waals surface area contributed by atoms with Crippen LogP contribution in [-0.4, -0.2) is 36.5 Å². The van der Waals surface area contributed by atoms with E-state index in [4.69, 9.17) is 16.6 Å². The molecule has 1 aromatic carbocycles. The molecule has 202 valence electrons. The number of amides is 1. The van der Waals surface area contributed by atoms with E-state index in [2.05, 4.69) is 30.9 Å². The van der Waals surface area contributed by atoms with Gasteiger partial charge in [-0.25, -0.2) is 4.98 Å². The molecule has 39 heavy (non-hydrogen) atoms. The van der Waals surface area contributed by atoms with Gasteiger partial charge in [0.25, 0.3) is 0 Å². The summed E-state index contributed by atoms with van der Waals surface area (Å²) in [5, 5.41) is 10.5. The Bertz CT molecular complexity index is 1340. The van der Waals surface area contributed by atoms with Crippen molar-refractivity contribution < 1.29 is 4.79 Å². The van der Waals surface area contributed by atoms with Gasteiger partial charge in [-0.05, 0) is 47.7 Å². The second-order valence-corrected chi connectivity index (χ2v) is 10.3. The fraction of sp³-hybridized carbons (Fsp3) is 0.345. The molecular formula is C29H33ClN8O. The van der Waals surface area contributed by atoms with E-state index in [1.54, 1.807) is 24.9 Å². The monoisotopic (exact) mass is 544 g/mol. The normalized spacial score (nSPS) is 14.5. The molecule has 1 aliphatic rings. The zero-order chi connectivity index (χ0) is 26.9. The molecule has 1 saturated carbocycles.